The van der Waals surface area contributed by atoms with Gasteiger partial charge in [-0.25, -0.2) is 0 Å². The second-order valence-corrected chi connectivity index (χ2v) is 3.78. The van der Waals surface area contributed by atoms with E-state index in [0.717, 1.165) is 30.4 Å². The highest BCUT2D eigenvalue weighted by Crippen LogP contribution is 2.34. The second-order valence-electron chi connectivity index (χ2n) is 3.78. The molecule has 0 amide bonds. The topological polar surface area (TPSA) is 66.5 Å². The summed E-state index contributed by atoms with van der Waals surface area (Å²) in [4.78, 5) is 0. The van der Waals surface area contributed by atoms with Crippen molar-refractivity contribution in [3.8, 4) is 5.75 Å². The van der Waals surface area contributed by atoms with E-state index in [4.69, 9.17) is 10.8 Å². The lowest BCUT2D eigenvalue weighted by Crippen LogP contribution is -2.16. The van der Waals surface area contributed by atoms with Crippen LogP contribution < -0.4 is 5.73 Å². The summed E-state index contributed by atoms with van der Waals surface area (Å²) in [5.41, 5.74) is 8.91. The third-order valence-corrected chi connectivity index (χ3v) is 2.87. The number of aromatic hydroxyl groups is 1. The molecule has 4 N–H and O–H groups in total. The lowest BCUT2D eigenvalue weighted by atomic mass is 9.97. The molecule has 0 bridgehead atoms. The fourth-order valence-corrected chi connectivity index (χ4v) is 2.19. The van der Waals surface area contributed by atoms with E-state index < -0.39 is 6.04 Å². The number of nitrogens with two attached hydrogens (primary N) is 1. The molecule has 76 valence electrons. The third kappa shape index (κ3) is 1.38. The van der Waals surface area contributed by atoms with Crippen molar-refractivity contribution in [2.75, 3.05) is 6.61 Å². The van der Waals surface area contributed by atoms with Crippen LogP contribution >= 0.6 is 0 Å². The van der Waals surface area contributed by atoms with E-state index in [1.54, 1.807) is 6.07 Å². The molecule has 1 aromatic carbocycles. The van der Waals surface area contributed by atoms with Gasteiger partial charge >= 0.3 is 0 Å². The number of hydrogen-bond donors (Lipinski definition) is 3. The molecule has 1 unspecified atom stereocenters. The number of benzene rings is 1. The van der Waals surface area contributed by atoms with Gasteiger partial charge in [-0.3, -0.25) is 0 Å². The SMILES string of the molecule is NC(CO)c1c(O)ccc2c1CCC2. The zero-order chi connectivity index (χ0) is 10.1. The van der Waals surface area contributed by atoms with Crippen molar-refractivity contribution in [1.29, 1.82) is 0 Å². The van der Waals surface area contributed by atoms with Crippen LogP contribution in [-0.4, -0.2) is 16.8 Å². The van der Waals surface area contributed by atoms with Gasteiger partial charge in [-0.15, -0.1) is 0 Å². The molecule has 0 radical (unpaired) electrons. The van der Waals surface area contributed by atoms with Crippen LogP contribution in [0.5, 0.6) is 5.75 Å². The molecular weight excluding hydrogens is 178 g/mol. The van der Waals surface area contributed by atoms with Gasteiger partial charge in [-0.05, 0) is 36.5 Å². The molecule has 0 heterocycles. The zero-order valence-electron chi connectivity index (χ0n) is 8.03. The maximum absolute atomic E-state index is 9.69. The summed E-state index contributed by atoms with van der Waals surface area (Å²) >= 11 is 0. The Morgan fingerprint density at radius 3 is 2.86 bits per heavy atom. The van der Waals surface area contributed by atoms with E-state index in [9.17, 15) is 5.11 Å². The molecule has 3 nitrogen and oxygen atoms in total. The first kappa shape index (κ1) is 9.49. The van der Waals surface area contributed by atoms with Crippen LogP contribution in [0.4, 0.5) is 0 Å². The monoisotopic (exact) mass is 193 g/mol. The number of aliphatic hydroxyl groups is 1. The Kier molecular flexibility index (Phi) is 2.44. The van der Waals surface area contributed by atoms with Gasteiger partial charge in [-0.2, -0.15) is 0 Å². The molecule has 0 aliphatic heterocycles. The van der Waals surface area contributed by atoms with Crippen molar-refractivity contribution in [3.63, 3.8) is 0 Å². The summed E-state index contributed by atoms with van der Waals surface area (Å²) in [7, 11) is 0. The van der Waals surface area contributed by atoms with Crippen LogP contribution in [0.15, 0.2) is 12.1 Å². The Bertz CT molecular complexity index is 349. The molecule has 0 saturated heterocycles. The summed E-state index contributed by atoms with van der Waals surface area (Å²) in [6.07, 6.45) is 3.14. The van der Waals surface area contributed by atoms with Gasteiger partial charge in [0.25, 0.3) is 0 Å². The van der Waals surface area contributed by atoms with E-state index in [1.807, 2.05) is 6.07 Å². The predicted molar refractivity (Wildman–Crippen MR) is 54.1 cm³/mol. The van der Waals surface area contributed by atoms with Gasteiger partial charge in [-0.1, -0.05) is 6.07 Å². The normalized spacial score (nSPS) is 16.7. The Morgan fingerprint density at radius 1 is 1.36 bits per heavy atom. The molecule has 2 rings (SSSR count). The molecule has 1 aliphatic rings. The van der Waals surface area contributed by atoms with E-state index in [-0.39, 0.29) is 12.4 Å². The van der Waals surface area contributed by atoms with Gasteiger partial charge in [0.1, 0.15) is 5.75 Å². The number of aryl methyl sites for hydroxylation is 1. The molecule has 14 heavy (non-hydrogen) atoms. The zero-order valence-corrected chi connectivity index (χ0v) is 8.03. The second kappa shape index (κ2) is 3.59. The quantitative estimate of drug-likeness (QED) is 0.653. The molecule has 1 atom stereocenters. The number of hydrogen-bond acceptors (Lipinski definition) is 3. The molecule has 3 heteroatoms. The number of phenolic OH excluding ortho intramolecular Hbond substituents is 1. The van der Waals surface area contributed by atoms with E-state index in [1.165, 1.54) is 5.56 Å². The van der Waals surface area contributed by atoms with Crippen molar-refractivity contribution >= 4 is 0 Å². The minimum atomic E-state index is -0.456. The van der Waals surface area contributed by atoms with Gasteiger partial charge in [0.05, 0.1) is 12.6 Å². The molecule has 1 aliphatic carbocycles. The Morgan fingerprint density at radius 2 is 2.14 bits per heavy atom. The average Bonchev–Trinajstić information content (AvgIpc) is 2.64. The molecule has 0 spiro atoms. The molecular formula is C11H15NO2. The predicted octanol–water partition coefficient (Wildman–Crippen LogP) is 0.873. The maximum atomic E-state index is 9.69. The van der Waals surface area contributed by atoms with E-state index in [0.29, 0.717) is 0 Å². The lowest BCUT2D eigenvalue weighted by Gasteiger charge is -2.15. The number of phenols is 1. The first-order valence-corrected chi connectivity index (χ1v) is 4.94. The Hall–Kier alpha value is -1.06. The van der Waals surface area contributed by atoms with Crippen molar-refractivity contribution in [1.82, 2.24) is 0 Å². The molecule has 0 saturated carbocycles. The fourth-order valence-electron chi connectivity index (χ4n) is 2.19. The maximum Gasteiger partial charge on any atom is 0.120 e. The average molecular weight is 193 g/mol. The molecule has 0 fully saturated rings. The van der Waals surface area contributed by atoms with Gasteiger partial charge in [0.15, 0.2) is 0 Å². The number of aliphatic hydroxyl groups excluding tert-OH is 1. The minimum Gasteiger partial charge on any atom is -0.508 e. The first-order chi connectivity index (χ1) is 6.74. The van der Waals surface area contributed by atoms with E-state index in [2.05, 4.69) is 0 Å². The van der Waals surface area contributed by atoms with Crippen molar-refractivity contribution in [3.05, 3.63) is 28.8 Å². The van der Waals surface area contributed by atoms with Gasteiger partial charge in [0.2, 0.25) is 0 Å². The highest BCUT2D eigenvalue weighted by Gasteiger charge is 2.21. The Labute approximate surface area is 83.2 Å². The Balaban J connectivity index is 2.51. The largest absolute Gasteiger partial charge is 0.508 e. The number of fused-ring (bicyclic) bond motifs is 1. The van der Waals surface area contributed by atoms with Crippen LogP contribution in [0.3, 0.4) is 0 Å². The van der Waals surface area contributed by atoms with Gasteiger partial charge < -0.3 is 15.9 Å². The summed E-state index contributed by atoms with van der Waals surface area (Å²) in [5.74, 6) is 0.215. The summed E-state index contributed by atoms with van der Waals surface area (Å²) in [5, 5.41) is 18.7. The van der Waals surface area contributed by atoms with Gasteiger partial charge in [0, 0.05) is 5.56 Å². The highest BCUT2D eigenvalue weighted by atomic mass is 16.3. The van der Waals surface area contributed by atoms with Crippen molar-refractivity contribution in [2.24, 2.45) is 5.73 Å². The molecule has 0 aromatic heterocycles. The summed E-state index contributed by atoms with van der Waals surface area (Å²) < 4.78 is 0. The fraction of sp³-hybridized carbons (Fsp3) is 0.455. The summed E-state index contributed by atoms with van der Waals surface area (Å²) in [6, 6.07) is 3.17. The lowest BCUT2D eigenvalue weighted by molar-refractivity contribution is 0.264. The first-order valence-electron chi connectivity index (χ1n) is 4.94. The standard InChI is InChI=1S/C11H15NO2/c12-9(6-13)11-8-3-1-2-7(8)4-5-10(11)14/h4-5,9,13-14H,1-3,6,12H2. The minimum absolute atomic E-state index is 0.121. The smallest absolute Gasteiger partial charge is 0.120 e. The number of rotatable bonds is 2. The van der Waals surface area contributed by atoms with Crippen LogP contribution in [0, 0.1) is 0 Å². The third-order valence-electron chi connectivity index (χ3n) is 2.87. The highest BCUT2D eigenvalue weighted by molar-refractivity contribution is 5.48. The van der Waals surface area contributed by atoms with Crippen LogP contribution in [-0.2, 0) is 12.8 Å². The van der Waals surface area contributed by atoms with Crippen LogP contribution in [0.25, 0.3) is 0 Å². The van der Waals surface area contributed by atoms with Crippen molar-refractivity contribution < 1.29 is 10.2 Å². The molecule has 1 aromatic rings. The van der Waals surface area contributed by atoms with Crippen LogP contribution in [0.2, 0.25) is 0 Å². The van der Waals surface area contributed by atoms with Crippen molar-refractivity contribution in [2.45, 2.75) is 25.3 Å². The van der Waals surface area contributed by atoms with Crippen LogP contribution in [0.1, 0.15) is 29.2 Å². The van der Waals surface area contributed by atoms with E-state index >= 15 is 0 Å². The summed E-state index contributed by atoms with van der Waals surface area (Å²) in [6.45, 7) is -0.121.